The minimum atomic E-state index is 0. The fourth-order valence-electron chi connectivity index (χ4n) is 1.67. The van der Waals surface area contributed by atoms with Crippen LogP contribution in [0.3, 0.4) is 0 Å². The summed E-state index contributed by atoms with van der Waals surface area (Å²) < 4.78 is 6.70. The van der Waals surface area contributed by atoms with Crippen LogP contribution >= 0.6 is 51.7 Å². The van der Waals surface area contributed by atoms with Crippen LogP contribution in [-0.4, -0.2) is 44.7 Å². The Morgan fingerprint density at radius 3 is 2.50 bits per heavy atom. The van der Waals surface area contributed by atoms with E-state index in [4.69, 9.17) is 4.74 Å². The predicted molar refractivity (Wildman–Crippen MR) is 112 cm³/mol. The first-order valence-electron chi connectivity index (χ1n) is 7.08. The van der Waals surface area contributed by atoms with E-state index in [1.165, 1.54) is 12.2 Å². The predicted octanol–water partition coefficient (Wildman–Crippen LogP) is 3.75. The Hall–Kier alpha value is -0.150. The molecule has 1 rings (SSSR count). The molecule has 0 heterocycles. The lowest BCUT2D eigenvalue weighted by Gasteiger charge is -2.12. The van der Waals surface area contributed by atoms with E-state index in [2.05, 4.69) is 37.8 Å². The fraction of sp³-hybridized carbons (Fsp3) is 0.533. The number of unbranched alkanes of at least 4 members (excludes halogenated alkanes) is 1. The average molecular weight is 502 g/mol. The molecule has 0 aliphatic heterocycles. The number of nitrogens with one attached hydrogen (secondary N) is 2. The molecule has 0 fully saturated rings. The molecule has 4 nitrogen and oxygen atoms in total. The largest absolute Gasteiger partial charge is 0.492 e. The van der Waals surface area contributed by atoms with Gasteiger partial charge in [-0.1, -0.05) is 15.9 Å². The van der Waals surface area contributed by atoms with Crippen LogP contribution < -0.4 is 15.4 Å². The van der Waals surface area contributed by atoms with Crippen LogP contribution in [-0.2, 0) is 0 Å². The van der Waals surface area contributed by atoms with Crippen molar-refractivity contribution in [2.24, 2.45) is 4.99 Å². The SMILES string of the molecule is CN=C(NCCCCSC)NCCOc1ccc(Br)cc1.I. The maximum atomic E-state index is 5.64. The van der Waals surface area contributed by atoms with Gasteiger partial charge < -0.3 is 15.4 Å². The van der Waals surface area contributed by atoms with Crippen LogP contribution in [0.4, 0.5) is 0 Å². The summed E-state index contributed by atoms with van der Waals surface area (Å²) in [4.78, 5) is 4.19. The summed E-state index contributed by atoms with van der Waals surface area (Å²) in [5, 5.41) is 6.54. The number of guanidine groups is 1. The molecule has 22 heavy (non-hydrogen) atoms. The number of ether oxygens (including phenoxy) is 1. The fourth-order valence-corrected chi connectivity index (χ4v) is 2.43. The van der Waals surface area contributed by atoms with Gasteiger partial charge in [0.15, 0.2) is 5.96 Å². The number of rotatable bonds is 9. The zero-order valence-electron chi connectivity index (χ0n) is 13.1. The molecule has 0 saturated carbocycles. The van der Waals surface area contributed by atoms with E-state index in [-0.39, 0.29) is 24.0 Å². The second-order valence-corrected chi connectivity index (χ2v) is 6.33. The zero-order valence-corrected chi connectivity index (χ0v) is 17.8. The first-order chi connectivity index (χ1) is 10.3. The van der Waals surface area contributed by atoms with Crippen LogP contribution in [0.1, 0.15) is 12.8 Å². The topological polar surface area (TPSA) is 45.7 Å². The summed E-state index contributed by atoms with van der Waals surface area (Å²) in [6, 6.07) is 7.83. The van der Waals surface area contributed by atoms with Crippen molar-refractivity contribution in [2.75, 3.05) is 38.8 Å². The molecule has 7 heteroatoms. The molecule has 0 aliphatic rings. The minimum absolute atomic E-state index is 0. The summed E-state index contributed by atoms with van der Waals surface area (Å²) in [5.74, 6) is 2.92. The van der Waals surface area contributed by atoms with Crippen molar-refractivity contribution in [1.82, 2.24) is 10.6 Å². The van der Waals surface area contributed by atoms with Crippen molar-refractivity contribution in [3.8, 4) is 5.75 Å². The molecule has 0 saturated heterocycles. The Morgan fingerprint density at radius 1 is 1.18 bits per heavy atom. The lowest BCUT2D eigenvalue weighted by molar-refractivity contribution is 0.322. The lowest BCUT2D eigenvalue weighted by Crippen LogP contribution is -2.39. The van der Waals surface area contributed by atoms with E-state index in [9.17, 15) is 0 Å². The van der Waals surface area contributed by atoms with Crippen molar-refractivity contribution < 1.29 is 4.74 Å². The van der Waals surface area contributed by atoms with Crippen LogP contribution in [0.2, 0.25) is 0 Å². The van der Waals surface area contributed by atoms with Gasteiger partial charge in [0, 0.05) is 18.1 Å². The van der Waals surface area contributed by atoms with Gasteiger partial charge in [-0.15, -0.1) is 24.0 Å². The molecule has 0 unspecified atom stereocenters. The molecule has 0 aliphatic carbocycles. The molecule has 126 valence electrons. The van der Waals surface area contributed by atoms with Crippen LogP contribution in [0, 0.1) is 0 Å². The Balaban J connectivity index is 0.00000441. The standard InChI is InChI=1S/C15H24BrN3OS.HI/c1-17-15(18-9-3-4-12-21-2)19-10-11-20-14-7-5-13(16)6-8-14;/h5-8H,3-4,9-12H2,1-2H3,(H2,17,18,19);1H. The zero-order chi connectivity index (χ0) is 15.3. The lowest BCUT2D eigenvalue weighted by atomic mass is 10.3. The van der Waals surface area contributed by atoms with Crippen LogP contribution in [0.25, 0.3) is 0 Å². The maximum Gasteiger partial charge on any atom is 0.191 e. The smallest absolute Gasteiger partial charge is 0.191 e. The number of hydrogen-bond donors (Lipinski definition) is 2. The van der Waals surface area contributed by atoms with Gasteiger partial charge in [-0.25, -0.2) is 0 Å². The number of nitrogens with zero attached hydrogens (tertiary/aromatic N) is 1. The molecule has 0 aromatic heterocycles. The van der Waals surface area contributed by atoms with E-state index >= 15 is 0 Å². The van der Waals surface area contributed by atoms with Gasteiger partial charge in [-0.3, -0.25) is 4.99 Å². The third-order valence-corrected chi connectivity index (χ3v) is 3.99. The number of aliphatic imine (C=N–C) groups is 1. The summed E-state index contributed by atoms with van der Waals surface area (Å²) >= 11 is 5.29. The van der Waals surface area contributed by atoms with Crippen LogP contribution in [0.5, 0.6) is 5.75 Å². The Kier molecular flexibility index (Phi) is 14.3. The molecule has 2 N–H and O–H groups in total. The molecular weight excluding hydrogens is 477 g/mol. The van der Waals surface area contributed by atoms with Gasteiger partial charge in [-0.2, -0.15) is 11.8 Å². The monoisotopic (exact) mass is 501 g/mol. The van der Waals surface area contributed by atoms with E-state index in [0.717, 1.165) is 35.7 Å². The summed E-state index contributed by atoms with van der Waals surface area (Å²) in [6.45, 7) is 2.28. The van der Waals surface area contributed by atoms with Gasteiger partial charge in [-0.05, 0) is 49.1 Å². The molecule has 0 bridgehead atoms. The van der Waals surface area contributed by atoms with Gasteiger partial charge in [0.2, 0.25) is 0 Å². The third kappa shape index (κ3) is 10.6. The number of benzene rings is 1. The quantitative estimate of drug-likeness (QED) is 0.234. The normalized spacial score (nSPS) is 10.8. The highest BCUT2D eigenvalue weighted by Crippen LogP contribution is 2.15. The molecule has 0 spiro atoms. The average Bonchev–Trinajstić information content (AvgIpc) is 2.51. The van der Waals surface area contributed by atoms with E-state index in [0.29, 0.717) is 6.61 Å². The second-order valence-electron chi connectivity index (χ2n) is 4.43. The van der Waals surface area contributed by atoms with E-state index in [1.54, 1.807) is 7.05 Å². The molecule has 1 aromatic carbocycles. The number of thioether (sulfide) groups is 1. The highest BCUT2D eigenvalue weighted by atomic mass is 127. The highest BCUT2D eigenvalue weighted by Gasteiger charge is 1.97. The molecule has 0 atom stereocenters. The Bertz CT molecular complexity index is 418. The van der Waals surface area contributed by atoms with Crippen LogP contribution in [0.15, 0.2) is 33.7 Å². The number of halogens is 2. The van der Waals surface area contributed by atoms with Gasteiger partial charge in [0.05, 0.1) is 6.54 Å². The third-order valence-electron chi connectivity index (χ3n) is 2.77. The van der Waals surface area contributed by atoms with Crippen molar-refractivity contribution in [1.29, 1.82) is 0 Å². The van der Waals surface area contributed by atoms with Crippen molar-refractivity contribution >= 4 is 57.6 Å². The molecular formula is C15H25BrIN3OS. The minimum Gasteiger partial charge on any atom is -0.492 e. The first-order valence-corrected chi connectivity index (χ1v) is 9.26. The van der Waals surface area contributed by atoms with E-state index < -0.39 is 0 Å². The summed E-state index contributed by atoms with van der Waals surface area (Å²) in [7, 11) is 1.78. The number of hydrogen-bond acceptors (Lipinski definition) is 3. The highest BCUT2D eigenvalue weighted by molar-refractivity contribution is 14.0. The maximum absolute atomic E-state index is 5.64. The van der Waals surface area contributed by atoms with Gasteiger partial charge in [0.25, 0.3) is 0 Å². The van der Waals surface area contributed by atoms with Crippen molar-refractivity contribution in [3.63, 3.8) is 0 Å². The Morgan fingerprint density at radius 2 is 1.86 bits per heavy atom. The van der Waals surface area contributed by atoms with Crippen molar-refractivity contribution in [2.45, 2.75) is 12.8 Å². The second kappa shape index (κ2) is 14.4. The van der Waals surface area contributed by atoms with Gasteiger partial charge in [0.1, 0.15) is 12.4 Å². The summed E-state index contributed by atoms with van der Waals surface area (Å²) in [6.07, 6.45) is 4.54. The van der Waals surface area contributed by atoms with Gasteiger partial charge >= 0.3 is 0 Å². The Labute approximate surface area is 163 Å². The summed E-state index contributed by atoms with van der Waals surface area (Å²) in [5.41, 5.74) is 0. The first kappa shape index (κ1) is 21.9. The molecule has 0 radical (unpaired) electrons. The van der Waals surface area contributed by atoms with E-state index in [1.807, 2.05) is 36.0 Å². The molecule has 0 amide bonds. The molecule has 1 aromatic rings. The van der Waals surface area contributed by atoms with Crippen molar-refractivity contribution in [3.05, 3.63) is 28.7 Å².